The Morgan fingerprint density at radius 3 is 2.24 bits per heavy atom. The fourth-order valence-electron chi connectivity index (χ4n) is 5.45. The molecule has 1 N–H and O–H groups in total. The lowest BCUT2D eigenvalue weighted by Gasteiger charge is -2.34. The first kappa shape index (κ1) is 28.9. The van der Waals surface area contributed by atoms with Crippen LogP contribution in [0.5, 0.6) is 0 Å². The molecule has 1 fully saturated rings. The zero-order chi connectivity index (χ0) is 29.4. The zero-order valence-corrected chi connectivity index (χ0v) is 25.5. The highest BCUT2D eigenvalue weighted by Crippen LogP contribution is 2.28. The lowest BCUT2D eigenvalue weighted by Crippen LogP contribution is -2.48. The Kier molecular flexibility index (Phi) is 7.99. The van der Waals surface area contributed by atoms with E-state index in [2.05, 4.69) is 67.0 Å². The molecule has 0 aliphatic carbocycles. The van der Waals surface area contributed by atoms with Crippen molar-refractivity contribution in [2.24, 2.45) is 0 Å². The molecule has 0 unspecified atom stereocenters. The van der Waals surface area contributed by atoms with E-state index in [0.29, 0.717) is 31.0 Å². The SMILES string of the molecule is CCN1CCN(C(=O)c2cc3cc(NS(=O)(=O)c4ccc(C(C)(C)C)cc4)ccc3n2Cc2cccc(C)c2)CC1. The summed E-state index contributed by atoms with van der Waals surface area (Å²) in [5.74, 6) is 0.00525. The van der Waals surface area contributed by atoms with Crippen LogP contribution in [0.15, 0.2) is 77.7 Å². The number of aromatic nitrogens is 1. The second kappa shape index (κ2) is 11.3. The minimum atomic E-state index is -3.78. The second-order valence-electron chi connectivity index (χ2n) is 12.0. The molecule has 7 nitrogen and oxygen atoms in total. The van der Waals surface area contributed by atoms with Gasteiger partial charge in [0.15, 0.2) is 0 Å². The number of fused-ring (bicyclic) bond motifs is 1. The van der Waals surface area contributed by atoms with Crippen LogP contribution in [0, 0.1) is 6.92 Å². The van der Waals surface area contributed by atoms with Crippen LogP contribution in [0.25, 0.3) is 10.9 Å². The number of anilines is 1. The van der Waals surface area contributed by atoms with Crippen LogP contribution in [0.3, 0.4) is 0 Å². The van der Waals surface area contributed by atoms with Gasteiger partial charge >= 0.3 is 0 Å². The van der Waals surface area contributed by atoms with Gasteiger partial charge in [-0.3, -0.25) is 9.52 Å². The Bertz CT molecular complexity index is 1660. The number of carbonyl (C=O) groups excluding carboxylic acids is 1. The van der Waals surface area contributed by atoms with Gasteiger partial charge in [-0.25, -0.2) is 8.42 Å². The fraction of sp³-hybridized carbons (Fsp3) is 0.364. The standard InChI is InChI=1S/C33H40N4O3S/c1-6-35-16-18-36(19-17-35)32(38)31-22-26-21-28(12-15-30(26)37(31)23-25-9-7-8-24(2)20-25)34-41(39,40)29-13-10-27(11-14-29)33(3,4)5/h7-15,20-22,34H,6,16-19,23H2,1-5H3. The van der Waals surface area contributed by atoms with Gasteiger partial charge in [0.1, 0.15) is 5.69 Å². The van der Waals surface area contributed by atoms with Crippen molar-refractivity contribution >= 4 is 32.5 Å². The fourth-order valence-corrected chi connectivity index (χ4v) is 6.50. The third kappa shape index (κ3) is 6.34. The van der Waals surface area contributed by atoms with E-state index in [1.807, 2.05) is 41.3 Å². The molecule has 4 aromatic rings. The Balaban J connectivity index is 1.48. The van der Waals surface area contributed by atoms with Crippen LogP contribution in [0.1, 0.15) is 54.9 Å². The van der Waals surface area contributed by atoms with Crippen LogP contribution in [0.2, 0.25) is 0 Å². The summed E-state index contributed by atoms with van der Waals surface area (Å²) >= 11 is 0. The highest BCUT2D eigenvalue weighted by molar-refractivity contribution is 7.92. The van der Waals surface area contributed by atoms with Gasteiger partial charge in [0.25, 0.3) is 15.9 Å². The van der Waals surface area contributed by atoms with E-state index in [1.165, 1.54) is 0 Å². The third-order valence-electron chi connectivity index (χ3n) is 7.93. The molecule has 1 saturated heterocycles. The largest absolute Gasteiger partial charge is 0.335 e. The van der Waals surface area contributed by atoms with Crippen LogP contribution in [-0.4, -0.2) is 61.4 Å². The maximum atomic E-state index is 13.8. The molecule has 216 valence electrons. The van der Waals surface area contributed by atoms with Crippen molar-refractivity contribution in [2.45, 2.75) is 51.5 Å². The molecule has 1 amide bonds. The summed E-state index contributed by atoms with van der Waals surface area (Å²) in [5.41, 5.74) is 5.24. The van der Waals surface area contributed by atoms with E-state index in [-0.39, 0.29) is 16.2 Å². The van der Waals surface area contributed by atoms with E-state index >= 15 is 0 Å². The lowest BCUT2D eigenvalue weighted by atomic mass is 9.87. The molecule has 1 aromatic heterocycles. The summed E-state index contributed by atoms with van der Waals surface area (Å²) < 4.78 is 31.3. The van der Waals surface area contributed by atoms with E-state index in [9.17, 15) is 13.2 Å². The molecule has 0 atom stereocenters. The first-order valence-corrected chi connectivity index (χ1v) is 15.8. The average Bonchev–Trinajstić information content (AvgIpc) is 3.29. The van der Waals surface area contributed by atoms with Crippen LogP contribution in [0.4, 0.5) is 5.69 Å². The minimum absolute atomic E-state index is 0.00525. The number of sulfonamides is 1. The number of carbonyl (C=O) groups is 1. The molecule has 8 heteroatoms. The summed E-state index contributed by atoms with van der Waals surface area (Å²) in [7, 11) is -3.78. The van der Waals surface area contributed by atoms with Gasteiger partial charge in [0.05, 0.1) is 4.90 Å². The summed E-state index contributed by atoms with van der Waals surface area (Å²) in [6.45, 7) is 15.1. The van der Waals surface area contributed by atoms with Gasteiger partial charge in [0.2, 0.25) is 0 Å². The van der Waals surface area contributed by atoms with Crippen molar-refractivity contribution in [3.63, 3.8) is 0 Å². The van der Waals surface area contributed by atoms with E-state index in [1.54, 1.807) is 18.2 Å². The number of nitrogens with zero attached hydrogens (tertiary/aromatic N) is 3. The van der Waals surface area contributed by atoms with Gasteiger partial charge in [-0.05, 0) is 66.4 Å². The van der Waals surface area contributed by atoms with E-state index < -0.39 is 10.0 Å². The second-order valence-corrected chi connectivity index (χ2v) is 13.7. The van der Waals surface area contributed by atoms with Crippen molar-refractivity contribution in [3.05, 3.63) is 95.2 Å². The number of likely N-dealkylation sites (N-methyl/N-ethyl adjacent to an activating group) is 1. The molecule has 5 rings (SSSR count). The molecule has 1 aliphatic heterocycles. The molecular formula is C33H40N4O3S. The van der Waals surface area contributed by atoms with Gasteiger partial charge in [-0.2, -0.15) is 0 Å². The Hall–Kier alpha value is -3.62. The molecule has 2 heterocycles. The summed E-state index contributed by atoms with van der Waals surface area (Å²) in [4.78, 5) is 18.3. The van der Waals surface area contributed by atoms with Gasteiger partial charge in [0, 0.05) is 49.3 Å². The number of nitrogens with one attached hydrogen (secondary N) is 1. The van der Waals surface area contributed by atoms with Crippen molar-refractivity contribution in [1.29, 1.82) is 0 Å². The zero-order valence-electron chi connectivity index (χ0n) is 24.6. The summed E-state index contributed by atoms with van der Waals surface area (Å²) in [6, 6.07) is 22.7. The highest BCUT2D eigenvalue weighted by Gasteiger charge is 2.25. The van der Waals surface area contributed by atoms with Crippen LogP contribution in [-0.2, 0) is 22.0 Å². The number of amides is 1. The molecular weight excluding hydrogens is 532 g/mol. The lowest BCUT2D eigenvalue weighted by molar-refractivity contribution is 0.0633. The van der Waals surface area contributed by atoms with Crippen molar-refractivity contribution < 1.29 is 13.2 Å². The number of piperazine rings is 1. The molecule has 0 saturated carbocycles. The van der Waals surface area contributed by atoms with Crippen LogP contribution < -0.4 is 4.72 Å². The predicted molar refractivity (Wildman–Crippen MR) is 166 cm³/mol. The summed E-state index contributed by atoms with van der Waals surface area (Å²) in [5, 5.41) is 0.816. The molecule has 3 aromatic carbocycles. The molecule has 0 radical (unpaired) electrons. The number of hydrogen-bond donors (Lipinski definition) is 1. The molecule has 1 aliphatic rings. The first-order chi connectivity index (χ1) is 19.4. The number of aryl methyl sites for hydroxylation is 1. The number of hydrogen-bond acceptors (Lipinski definition) is 4. The smallest absolute Gasteiger partial charge is 0.270 e. The van der Waals surface area contributed by atoms with Crippen LogP contribution >= 0.6 is 0 Å². The Morgan fingerprint density at radius 1 is 0.902 bits per heavy atom. The van der Waals surface area contributed by atoms with E-state index in [0.717, 1.165) is 47.2 Å². The normalized spacial score (nSPS) is 14.9. The third-order valence-corrected chi connectivity index (χ3v) is 9.33. The van der Waals surface area contributed by atoms with Crippen molar-refractivity contribution in [2.75, 3.05) is 37.4 Å². The molecule has 0 spiro atoms. The monoisotopic (exact) mass is 572 g/mol. The molecule has 0 bridgehead atoms. The highest BCUT2D eigenvalue weighted by atomic mass is 32.2. The number of benzene rings is 3. The maximum absolute atomic E-state index is 13.8. The first-order valence-electron chi connectivity index (χ1n) is 14.3. The maximum Gasteiger partial charge on any atom is 0.270 e. The van der Waals surface area contributed by atoms with Crippen molar-refractivity contribution in [1.82, 2.24) is 14.4 Å². The number of rotatable bonds is 7. The molecule has 41 heavy (non-hydrogen) atoms. The van der Waals surface area contributed by atoms with Gasteiger partial charge in [-0.15, -0.1) is 0 Å². The topological polar surface area (TPSA) is 74.7 Å². The Labute approximate surface area is 243 Å². The van der Waals surface area contributed by atoms with Gasteiger partial charge in [-0.1, -0.05) is 69.7 Å². The average molecular weight is 573 g/mol. The van der Waals surface area contributed by atoms with Crippen molar-refractivity contribution in [3.8, 4) is 0 Å². The Morgan fingerprint density at radius 2 is 1.61 bits per heavy atom. The quantitative estimate of drug-likeness (QED) is 0.300. The van der Waals surface area contributed by atoms with Gasteiger partial charge < -0.3 is 14.4 Å². The summed E-state index contributed by atoms with van der Waals surface area (Å²) in [6.07, 6.45) is 0. The van der Waals surface area contributed by atoms with E-state index in [4.69, 9.17) is 0 Å². The minimum Gasteiger partial charge on any atom is -0.335 e. The predicted octanol–water partition coefficient (Wildman–Crippen LogP) is 5.87.